The van der Waals surface area contributed by atoms with Crippen LogP contribution in [0.4, 0.5) is 0 Å². The van der Waals surface area contributed by atoms with Crippen LogP contribution in [0.25, 0.3) is 0 Å². The maximum absolute atomic E-state index is 12.0. The Bertz CT molecular complexity index is 283. The molecule has 2 rings (SSSR count). The second-order valence-corrected chi connectivity index (χ2v) is 6.54. The van der Waals surface area contributed by atoms with Crippen molar-refractivity contribution in [3.05, 3.63) is 0 Å². The largest absolute Gasteiger partial charge is 0.353 e. The van der Waals surface area contributed by atoms with Crippen molar-refractivity contribution in [2.45, 2.75) is 63.8 Å². The minimum atomic E-state index is -0.306. The van der Waals surface area contributed by atoms with Crippen molar-refractivity contribution in [1.29, 1.82) is 0 Å². The van der Waals surface area contributed by atoms with Crippen LogP contribution in [0.15, 0.2) is 0 Å². The van der Waals surface area contributed by atoms with Crippen LogP contribution in [0.3, 0.4) is 0 Å². The Morgan fingerprint density at radius 1 is 1.10 bits per heavy atom. The molecule has 1 atom stereocenters. The molecule has 20 heavy (non-hydrogen) atoms. The van der Waals surface area contributed by atoms with Crippen LogP contribution >= 0.6 is 0 Å². The number of nitrogens with two attached hydrogens (primary N) is 1. The lowest BCUT2D eigenvalue weighted by Gasteiger charge is -2.27. The van der Waals surface area contributed by atoms with Crippen LogP contribution in [0, 0.1) is 5.92 Å². The minimum Gasteiger partial charge on any atom is -0.353 e. The Morgan fingerprint density at radius 2 is 1.75 bits per heavy atom. The maximum atomic E-state index is 12.0. The van der Waals surface area contributed by atoms with Gasteiger partial charge in [-0.15, -0.1) is 0 Å². The quantitative estimate of drug-likeness (QED) is 0.781. The Hall–Kier alpha value is -0.610. The van der Waals surface area contributed by atoms with E-state index in [2.05, 4.69) is 10.2 Å². The molecule has 4 heteroatoms. The molecule has 1 saturated heterocycles. The molecule has 2 aliphatic rings. The summed E-state index contributed by atoms with van der Waals surface area (Å²) in [6.45, 7) is 4.09. The minimum absolute atomic E-state index is 0.0487. The van der Waals surface area contributed by atoms with Crippen molar-refractivity contribution in [3.63, 3.8) is 0 Å². The molecule has 0 spiro atoms. The molecule has 1 heterocycles. The van der Waals surface area contributed by atoms with Crippen LogP contribution in [0.1, 0.15) is 57.8 Å². The third-order valence-corrected chi connectivity index (χ3v) is 4.82. The van der Waals surface area contributed by atoms with Gasteiger partial charge >= 0.3 is 0 Å². The van der Waals surface area contributed by atoms with E-state index in [0.29, 0.717) is 5.92 Å². The summed E-state index contributed by atoms with van der Waals surface area (Å²) in [7, 11) is 0. The fourth-order valence-corrected chi connectivity index (χ4v) is 3.54. The molecule has 3 N–H and O–H groups in total. The molecule has 0 aromatic heterocycles. The van der Waals surface area contributed by atoms with Gasteiger partial charge in [-0.05, 0) is 38.3 Å². The smallest absolute Gasteiger partial charge is 0.236 e. The van der Waals surface area contributed by atoms with Crippen LogP contribution in [0.2, 0.25) is 0 Å². The number of nitrogens with zero attached hydrogens (tertiary/aromatic N) is 1. The number of piperidine rings is 1. The van der Waals surface area contributed by atoms with Gasteiger partial charge in [0, 0.05) is 13.1 Å². The highest BCUT2D eigenvalue weighted by atomic mass is 16.2. The number of rotatable bonds is 6. The van der Waals surface area contributed by atoms with E-state index in [1.807, 2.05) is 0 Å². The highest BCUT2D eigenvalue weighted by Gasteiger charge is 2.21. The van der Waals surface area contributed by atoms with Crippen molar-refractivity contribution in [1.82, 2.24) is 10.2 Å². The number of hydrogen-bond acceptors (Lipinski definition) is 3. The van der Waals surface area contributed by atoms with Gasteiger partial charge in [0.25, 0.3) is 0 Å². The third-order valence-electron chi connectivity index (χ3n) is 4.82. The second-order valence-electron chi connectivity index (χ2n) is 6.54. The number of hydrogen-bond donors (Lipinski definition) is 2. The van der Waals surface area contributed by atoms with E-state index in [1.54, 1.807) is 0 Å². The fraction of sp³-hybridized carbons (Fsp3) is 0.938. The molecule has 0 aromatic rings. The van der Waals surface area contributed by atoms with Crippen LogP contribution < -0.4 is 11.1 Å². The lowest BCUT2D eigenvalue weighted by atomic mass is 9.85. The molecular formula is C16H31N3O. The standard InChI is InChI=1S/C16H31N3O/c17-15(13-14-7-3-1-4-8-14)16(20)18-9-12-19-10-5-2-6-11-19/h14-15H,1-13,17H2,(H,18,20). The van der Waals surface area contributed by atoms with E-state index in [-0.39, 0.29) is 11.9 Å². The van der Waals surface area contributed by atoms with Crippen molar-refractivity contribution in [2.75, 3.05) is 26.2 Å². The highest BCUT2D eigenvalue weighted by molar-refractivity contribution is 5.81. The van der Waals surface area contributed by atoms with Crippen molar-refractivity contribution >= 4 is 5.91 Å². The summed E-state index contributed by atoms with van der Waals surface area (Å²) in [6.07, 6.45) is 11.3. The Morgan fingerprint density at radius 3 is 2.45 bits per heavy atom. The maximum Gasteiger partial charge on any atom is 0.236 e. The van der Waals surface area contributed by atoms with E-state index < -0.39 is 0 Å². The summed E-state index contributed by atoms with van der Waals surface area (Å²) in [6, 6.07) is -0.306. The lowest BCUT2D eigenvalue weighted by molar-refractivity contribution is -0.122. The molecule has 1 unspecified atom stereocenters. The molecule has 0 bridgehead atoms. The summed E-state index contributed by atoms with van der Waals surface area (Å²) in [5.41, 5.74) is 6.04. The summed E-state index contributed by atoms with van der Waals surface area (Å²) in [4.78, 5) is 14.4. The van der Waals surface area contributed by atoms with Gasteiger partial charge in [-0.3, -0.25) is 4.79 Å². The molecule has 0 radical (unpaired) electrons. The van der Waals surface area contributed by atoms with Crippen LogP contribution in [-0.4, -0.2) is 43.0 Å². The lowest BCUT2D eigenvalue weighted by Crippen LogP contribution is -2.45. The fourth-order valence-electron chi connectivity index (χ4n) is 3.54. The normalized spacial score (nSPS) is 23.4. The van der Waals surface area contributed by atoms with E-state index in [9.17, 15) is 4.79 Å². The summed E-state index contributed by atoms with van der Waals surface area (Å²) in [5.74, 6) is 0.721. The first kappa shape index (κ1) is 15.8. The molecule has 116 valence electrons. The molecule has 0 aromatic carbocycles. The van der Waals surface area contributed by atoms with E-state index in [1.165, 1.54) is 64.5 Å². The van der Waals surface area contributed by atoms with Crippen LogP contribution in [0.5, 0.6) is 0 Å². The zero-order valence-electron chi connectivity index (χ0n) is 12.8. The van der Waals surface area contributed by atoms with Gasteiger partial charge in [0.2, 0.25) is 5.91 Å². The molecular weight excluding hydrogens is 250 g/mol. The Labute approximate surface area is 123 Å². The predicted molar refractivity (Wildman–Crippen MR) is 82.5 cm³/mol. The predicted octanol–water partition coefficient (Wildman–Crippen LogP) is 1.89. The number of nitrogens with one attached hydrogen (secondary N) is 1. The number of likely N-dealkylation sites (tertiary alicyclic amines) is 1. The monoisotopic (exact) mass is 281 g/mol. The zero-order valence-corrected chi connectivity index (χ0v) is 12.8. The molecule has 2 fully saturated rings. The van der Waals surface area contributed by atoms with Crippen molar-refractivity contribution in [2.24, 2.45) is 11.7 Å². The summed E-state index contributed by atoms with van der Waals surface area (Å²) < 4.78 is 0. The van der Waals surface area contributed by atoms with Gasteiger partial charge in [0.05, 0.1) is 6.04 Å². The van der Waals surface area contributed by atoms with Gasteiger partial charge in [0.1, 0.15) is 0 Å². The number of amides is 1. The van der Waals surface area contributed by atoms with E-state index in [4.69, 9.17) is 5.73 Å². The SMILES string of the molecule is NC(CC1CCCCC1)C(=O)NCCN1CCCCC1. The van der Waals surface area contributed by atoms with Gasteiger partial charge in [0.15, 0.2) is 0 Å². The van der Waals surface area contributed by atoms with Gasteiger partial charge in [-0.1, -0.05) is 38.5 Å². The molecule has 1 aliphatic carbocycles. The number of carbonyl (C=O) groups excluding carboxylic acids is 1. The van der Waals surface area contributed by atoms with Gasteiger partial charge < -0.3 is 16.0 Å². The first-order valence-corrected chi connectivity index (χ1v) is 8.51. The van der Waals surface area contributed by atoms with E-state index >= 15 is 0 Å². The van der Waals surface area contributed by atoms with Crippen molar-refractivity contribution in [3.8, 4) is 0 Å². The zero-order chi connectivity index (χ0) is 14.2. The Kier molecular flexibility index (Phi) is 6.80. The first-order chi connectivity index (χ1) is 9.75. The van der Waals surface area contributed by atoms with Crippen molar-refractivity contribution < 1.29 is 4.79 Å². The van der Waals surface area contributed by atoms with Gasteiger partial charge in [-0.2, -0.15) is 0 Å². The summed E-state index contributed by atoms with van der Waals surface area (Å²) in [5, 5.41) is 3.01. The molecule has 1 amide bonds. The van der Waals surface area contributed by atoms with Gasteiger partial charge in [-0.25, -0.2) is 0 Å². The average molecular weight is 281 g/mol. The topological polar surface area (TPSA) is 58.4 Å². The Balaban J connectivity index is 1.58. The summed E-state index contributed by atoms with van der Waals surface area (Å²) >= 11 is 0. The highest BCUT2D eigenvalue weighted by Crippen LogP contribution is 2.26. The average Bonchev–Trinajstić information content (AvgIpc) is 2.49. The first-order valence-electron chi connectivity index (χ1n) is 8.51. The third kappa shape index (κ3) is 5.41. The number of carbonyl (C=O) groups is 1. The second kappa shape index (κ2) is 8.63. The van der Waals surface area contributed by atoms with E-state index in [0.717, 1.165) is 19.5 Å². The molecule has 1 aliphatic heterocycles. The molecule has 4 nitrogen and oxygen atoms in total. The van der Waals surface area contributed by atoms with Crippen LogP contribution in [-0.2, 0) is 4.79 Å². The molecule has 1 saturated carbocycles.